The van der Waals surface area contributed by atoms with E-state index in [4.69, 9.17) is 4.74 Å². The lowest BCUT2D eigenvalue weighted by molar-refractivity contribution is -0.144. The van der Waals surface area contributed by atoms with Crippen LogP contribution < -0.4 is 0 Å². The third kappa shape index (κ3) is 4.36. The molecule has 0 aliphatic rings. The number of ether oxygens (including phenoxy) is 1. The van der Waals surface area contributed by atoms with Crippen LogP contribution in [0.1, 0.15) is 33.6 Å². The number of hydrogen-bond donors (Lipinski definition) is 0. The Bertz CT molecular complexity index is 99.4. The predicted octanol–water partition coefficient (Wildman–Crippen LogP) is 1.99. The van der Waals surface area contributed by atoms with Gasteiger partial charge in [-0.2, -0.15) is 0 Å². The molecule has 0 aliphatic carbocycles. The molecular weight excluding hydrogens is 128 g/mol. The molecule has 0 saturated heterocycles. The van der Waals surface area contributed by atoms with Gasteiger partial charge < -0.3 is 4.74 Å². The van der Waals surface area contributed by atoms with Gasteiger partial charge in [0.2, 0.25) is 0 Å². The van der Waals surface area contributed by atoms with Crippen molar-refractivity contribution in [1.82, 2.24) is 0 Å². The fraction of sp³-hybridized carbons (Fsp3) is 0.875. The third-order valence-corrected chi connectivity index (χ3v) is 1.51. The smallest absolute Gasteiger partial charge is 0.305 e. The molecule has 0 spiro atoms. The third-order valence-electron chi connectivity index (χ3n) is 1.51. The van der Waals surface area contributed by atoms with Crippen LogP contribution in [-0.4, -0.2) is 12.6 Å². The largest absolute Gasteiger partial charge is 0.465 e. The molecule has 0 fully saturated rings. The summed E-state index contributed by atoms with van der Waals surface area (Å²) in [6.45, 7) is 6.54. The van der Waals surface area contributed by atoms with E-state index in [1.807, 2.05) is 0 Å². The maximum Gasteiger partial charge on any atom is 0.305 e. The average molecular weight is 144 g/mol. The van der Waals surface area contributed by atoms with E-state index < -0.39 is 0 Å². The Balaban J connectivity index is 3.26. The summed E-state index contributed by atoms with van der Waals surface area (Å²) in [5.41, 5.74) is 0. The molecule has 0 rings (SSSR count). The van der Waals surface area contributed by atoms with Gasteiger partial charge in [0.25, 0.3) is 0 Å². The van der Waals surface area contributed by atoms with Gasteiger partial charge in [-0.3, -0.25) is 4.79 Å². The Kier molecular flexibility index (Phi) is 4.99. The van der Waals surface area contributed by atoms with Crippen LogP contribution in [0.4, 0.5) is 0 Å². The van der Waals surface area contributed by atoms with E-state index in [0.29, 0.717) is 18.9 Å². The van der Waals surface area contributed by atoms with Gasteiger partial charge in [0.15, 0.2) is 0 Å². The highest BCUT2D eigenvalue weighted by Gasteiger charge is 2.01. The van der Waals surface area contributed by atoms with Gasteiger partial charge >= 0.3 is 5.97 Å². The van der Waals surface area contributed by atoms with Gasteiger partial charge in [-0.25, -0.2) is 0 Å². The number of esters is 1. The van der Waals surface area contributed by atoms with E-state index in [0.717, 1.165) is 6.42 Å². The standard InChI is InChI=1S/C8H16O2/c1-4-7(3)6-10-8(9)5-2/h7H,4-6H2,1-3H3/t7-/m0/s1. The zero-order valence-electron chi connectivity index (χ0n) is 7.02. The van der Waals surface area contributed by atoms with Crippen molar-refractivity contribution >= 4 is 5.97 Å². The molecule has 10 heavy (non-hydrogen) atoms. The molecule has 0 aromatic heterocycles. The summed E-state index contributed by atoms with van der Waals surface area (Å²) in [5.74, 6) is 0.399. The van der Waals surface area contributed by atoms with Gasteiger partial charge in [-0.1, -0.05) is 27.2 Å². The van der Waals surface area contributed by atoms with Crippen LogP contribution in [0.3, 0.4) is 0 Å². The maximum atomic E-state index is 10.6. The molecule has 0 bridgehead atoms. The van der Waals surface area contributed by atoms with Gasteiger partial charge in [0, 0.05) is 6.42 Å². The van der Waals surface area contributed by atoms with Crippen molar-refractivity contribution in [2.24, 2.45) is 5.92 Å². The normalized spacial score (nSPS) is 12.7. The fourth-order valence-corrected chi connectivity index (χ4v) is 0.455. The Hall–Kier alpha value is -0.530. The molecule has 0 amide bonds. The molecule has 2 nitrogen and oxygen atoms in total. The van der Waals surface area contributed by atoms with Crippen molar-refractivity contribution in [1.29, 1.82) is 0 Å². The second kappa shape index (κ2) is 5.27. The zero-order chi connectivity index (χ0) is 7.98. The highest BCUT2D eigenvalue weighted by Crippen LogP contribution is 2.00. The second-order valence-electron chi connectivity index (χ2n) is 2.55. The fourth-order valence-electron chi connectivity index (χ4n) is 0.455. The SMILES string of the molecule is CCC(=O)OC[C@@H](C)CC. The second-order valence-corrected chi connectivity index (χ2v) is 2.55. The van der Waals surface area contributed by atoms with Crippen molar-refractivity contribution in [3.8, 4) is 0 Å². The van der Waals surface area contributed by atoms with E-state index in [2.05, 4.69) is 13.8 Å². The molecule has 0 N–H and O–H groups in total. The van der Waals surface area contributed by atoms with Crippen molar-refractivity contribution in [2.45, 2.75) is 33.6 Å². The summed E-state index contributed by atoms with van der Waals surface area (Å²) in [6.07, 6.45) is 1.55. The number of carbonyl (C=O) groups excluding carboxylic acids is 1. The van der Waals surface area contributed by atoms with Crippen LogP contribution in [0.25, 0.3) is 0 Å². The topological polar surface area (TPSA) is 26.3 Å². The number of hydrogen-bond acceptors (Lipinski definition) is 2. The van der Waals surface area contributed by atoms with E-state index in [1.54, 1.807) is 6.92 Å². The number of rotatable bonds is 4. The molecule has 0 aromatic carbocycles. The van der Waals surface area contributed by atoms with Crippen LogP contribution >= 0.6 is 0 Å². The van der Waals surface area contributed by atoms with Crippen molar-refractivity contribution in [3.05, 3.63) is 0 Å². The Morgan fingerprint density at radius 1 is 1.50 bits per heavy atom. The van der Waals surface area contributed by atoms with Gasteiger partial charge in [-0.15, -0.1) is 0 Å². The van der Waals surface area contributed by atoms with Crippen LogP contribution in [0.2, 0.25) is 0 Å². The molecule has 0 aliphatic heterocycles. The van der Waals surface area contributed by atoms with Crippen LogP contribution in [-0.2, 0) is 9.53 Å². The summed E-state index contributed by atoms with van der Waals surface area (Å²) in [4.78, 5) is 10.6. The quantitative estimate of drug-likeness (QED) is 0.564. The molecule has 2 heteroatoms. The first-order valence-electron chi connectivity index (χ1n) is 3.86. The van der Waals surface area contributed by atoms with Gasteiger partial charge in [-0.05, 0) is 5.92 Å². The van der Waals surface area contributed by atoms with Crippen molar-refractivity contribution < 1.29 is 9.53 Å². The molecular formula is C8H16O2. The van der Waals surface area contributed by atoms with Crippen molar-refractivity contribution in [3.63, 3.8) is 0 Å². The lowest BCUT2D eigenvalue weighted by Gasteiger charge is -2.07. The minimum Gasteiger partial charge on any atom is -0.465 e. The van der Waals surface area contributed by atoms with Crippen LogP contribution in [0.5, 0.6) is 0 Å². The lowest BCUT2D eigenvalue weighted by atomic mass is 10.1. The van der Waals surface area contributed by atoms with Gasteiger partial charge in [0.1, 0.15) is 0 Å². The maximum absolute atomic E-state index is 10.6. The Morgan fingerprint density at radius 2 is 2.10 bits per heavy atom. The zero-order valence-corrected chi connectivity index (χ0v) is 7.02. The van der Waals surface area contributed by atoms with E-state index >= 15 is 0 Å². The monoisotopic (exact) mass is 144 g/mol. The molecule has 0 heterocycles. The Labute approximate surface area is 62.6 Å². The minimum atomic E-state index is -0.0969. The summed E-state index contributed by atoms with van der Waals surface area (Å²) in [6, 6.07) is 0. The first kappa shape index (κ1) is 9.47. The van der Waals surface area contributed by atoms with E-state index in [-0.39, 0.29) is 5.97 Å². The minimum absolute atomic E-state index is 0.0969. The molecule has 0 radical (unpaired) electrons. The average Bonchev–Trinajstić information content (AvgIpc) is 1.99. The van der Waals surface area contributed by atoms with Crippen molar-refractivity contribution in [2.75, 3.05) is 6.61 Å². The summed E-state index contributed by atoms with van der Waals surface area (Å²) in [5, 5.41) is 0. The Morgan fingerprint density at radius 3 is 2.50 bits per heavy atom. The van der Waals surface area contributed by atoms with Crippen LogP contribution in [0, 0.1) is 5.92 Å². The summed E-state index contributed by atoms with van der Waals surface area (Å²) in [7, 11) is 0. The highest BCUT2D eigenvalue weighted by molar-refractivity contribution is 5.68. The predicted molar refractivity (Wildman–Crippen MR) is 40.7 cm³/mol. The first-order valence-corrected chi connectivity index (χ1v) is 3.86. The molecule has 0 aromatic rings. The lowest BCUT2D eigenvalue weighted by Crippen LogP contribution is -2.09. The van der Waals surface area contributed by atoms with E-state index in [1.165, 1.54) is 0 Å². The molecule has 60 valence electrons. The summed E-state index contributed by atoms with van der Waals surface area (Å²) < 4.78 is 4.90. The molecule has 0 unspecified atom stereocenters. The highest BCUT2D eigenvalue weighted by atomic mass is 16.5. The summed E-state index contributed by atoms with van der Waals surface area (Å²) >= 11 is 0. The number of carbonyl (C=O) groups is 1. The molecule has 1 atom stereocenters. The first-order chi connectivity index (χ1) is 4.70. The molecule has 0 saturated carbocycles. The van der Waals surface area contributed by atoms with Crippen LogP contribution in [0.15, 0.2) is 0 Å². The van der Waals surface area contributed by atoms with E-state index in [9.17, 15) is 4.79 Å². The van der Waals surface area contributed by atoms with Gasteiger partial charge in [0.05, 0.1) is 6.61 Å².